The molecule has 156 valence electrons. The first kappa shape index (κ1) is 21.7. The fourth-order valence-electron chi connectivity index (χ4n) is 3.68. The summed E-state index contributed by atoms with van der Waals surface area (Å²) in [4.78, 5) is 16.4. The van der Waals surface area contributed by atoms with Crippen LogP contribution in [0.5, 0.6) is 5.75 Å². The Morgan fingerprint density at radius 1 is 1.28 bits per heavy atom. The minimum Gasteiger partial charge on any atom is -0.497 e. The lowest BCUT2D eigenvalue weighted by Gasteiger charge is -2.27. The van der Waals surface area contributed by atoms with Gasteiger partial charge in [0.1, 0.15) is 23.5 Å². The number of ether oxygens (including phenoxy) is 1. The van der Waals surface area contributed by atoms with E-state index in [-0.39, 0.29) is 17.1 Å². The van der Waals surface area contributed by atoms with Crippen LogP contribution in [-0.4, -0.2) is 43.3 Å². The Hall–Kier alpha value is -2.05. The Bertz CT molecular complexity index is 800. The topological polar surface area (TPSA) is 34.0 Å². The number of thioether (sulfide) groups is 1. The molecule has 1 amide bonds. The van der Waals surface area contributed by atoms with Gasteiger partial charge in [0, 0.05) is 17.9 Å². The van der Waals surface area contributed by atoms with Crippen molar-refractivity contribution in [3.63, 3.8) is 0 Å². The number of hydrogen-bond acceptors (Lipinski definition) is 3. The molecule has 0 aliphatic carbocycles. The Labute approximate surface area is 177 Å². The van der Waals surface area contributed by atoms with E-state index in [1.165, 1.54) is 22.6 Å². The van der Waals surface area contributed by atoms with E-state index in [2.05, 4.69) is 13.0 Å². The van der Waals surface area contributed by atoms with Gasteiger partial charge in [-0.05, 0) is 36.2 Å². The highest BCUT2D eigenvalue weighted by atomic mass is 32.2. The van der Waals surface area contributed by atoms with Gasteiger partial charge in [0.2, 0.25) is 0 Å². The van der Waals surface area contributed by atoms with Crippen LogP contribution in [0.1, 0.15) is 36.3 Å². The monoisotopic (exact) mass is 417 g/mol. The highest BCUT2D eigenvalue weighted by Crippen LogP contribution is 2.37. The van der Waals surface area contributed by atoms with E-state index in [0.717, 1.165) is 49.5 Å². The molecule has 0 bridgehead atoms. The summed E-state index contributed by atoms with van der Waals surface area (Å²) in [6, 6.07) is 14.6. The zero-order chi connectivity index (χ0) is 20.6. The van der Waals surface area contributed by atoms with E-state index in [0.29, 0.717) is 6.54 Å². The van der Waals surface area contributed by atoms with Crippen molar-refractivity contribution in [1.29, 1.82) is 0 Å². The lowest BCUT2D eigenvalue weighted by molar-refractivity contribution is -0.906. The predicted molar refractivity (Wildman–Crippen MR) is 116 cm³/mol. The normalized spacial score (nSPS) is 17.3. The molecule has 1 unspecified atom stereocenters. The average Bonchev–Trinajstić information content (AvgIpc) is 3.22. The van der Waals surface area contributed by atoms with Crippen molar-refractivity contribution in [2.24, 2.45) is 0 Å². The largest absolute Gasteiger partial charge is 0.497 e. The maximum Gasteiger partial charge on any atom is 0.278 e. The van der Waals surface area contributed by atoms with Crippen LogP contribution < -0.4 is 9.64 Å². The first-order chi connectivity index (χ1) is 14.1. The average molecular weight is 418 g/mol. The summed E-state index contributed by atoms with van der Waals surface area (Å²) >= 11 is 1.75. The van der Waals surface area contributed by atoms with E-state index in [9.17, 15) is 9.18 Å². The SMILES string of the molecule is CCCC[NH+](CC(=O)N1CCS[C@@H]1c1ccc(F)cc1)Cc1cccc(OC)c1. The highest BCUT2D eigenvalue weighted by molar-refractivity contribution is 7.99. The molecule has 1 N–H and O–H groups in total. The van der Waals surface area contributed by atoms with Crippen molar-refractivity contribution in [3.8, 4) is 5.75 Å². The van der Waals surface area contributed by atoms with Crippen molar-refractivity contribution < 1.29 is 18.8 Å². The third kappa shape index (κ3) is 5.97. The molecule has 29 heavy (non-hydrogen) atoms. The molecule has 0 aromatic heterocycles. The number of unbranched alkanes of at least 4 members (excludes halogenated alkanes) is 1. The van der Waals surface area contributed by atoms with Crippen LogP contribution in [0.3, 0.4) is 0 Å². The molecular weight excluding hydrogens is 387 g/mol. The van der Waals surface area contributed by atoms with Crippen LogP contribution in [0, 0.1) is 5.82 Å². The summed E-state index contributed by atoms with van der Waals surface area (Å²) in [5.74, 6) is 1.67. The van der Waals surface area contributed by atoms with Crippen LogP contribution in [0.4, 0.5) is 4.39 Å². The molecule has 1 heterocycles. The summed E-state index contributed by atoms with van der Waals surface area (Å²) in [5.41, 5.74) is 2.17. The van der Waals surface area contributed by atoms with Crippen molar-refractivity contribution in [2.75, 3.05) is 32.5 Å². The number of carbonyl (C=O) groups excluding carboxylic acids is 1. The minimum atomic E-state index is -0.247. The first-order valence-corrected chi connectivity index (χ1v) is 11.3. The van der Waals surface area contributed by atoms with Crippen molar-refractivity contribution in [2.45, 2.75) is 31.7 Å². The number of rotatable bonds is 9. The molecule has 0 spiro atoms. The standard InChI is InChI=1S/C23H29FN2O2S/c1-3-4-12-25(16-18-6-5-7-21(15-18)28-2)17-22(27)26-13-14-29-23(26)19-8-10-20(24)11-9-19/h5-11,15,23H,3-4,12-14,16-17H2,1-2H3/p+1/t23-/m1/s1. The quantitative estimate of drug-likeness (QED) is 0.680. The van der Waals surface area contributed by atoms with Gasteiger partial charge >= 0.3 is 0 Å². The van der Waals surface area contributed by atoms with E-state index in [1.54, 1.807) is 31.0 Å². The number of benzene rings is 2. The molecule has 1 aliphatic heterocycles. The highest BCUT2D eigenvalue weighted by Gasteiger charge is 2.32. The minimum absolute atomic E-state index is 0.0210. The zero-order valence-corrected chi connectivity index (χ0v) is 18.0. The molecule has 1 fully saturated rings. The summed E-state index contributed by atoms with van der Waals surface area (Å²) < 4.78 is 18.6. The molecule has 1 saturated heterocycles. The number of carbonyl (C=O) groups is 1. The van der Waals surface area contributed by atoms with E-state index < -0.39 is 0 Å². The van der Waals surface area contributed by atoms with Gasteiger partial charge < -0.3 is 14.5 Å². The van der Waals surface area contributed by atoms with Crippen LogP contribution in [0.25, 0.3) is 0 Å². The lowest BCUT2D eigenvalue weighted by atomic mass is 10.1. The molecule has 0 saturated carbocycles. The third-order valence-corrected chi connectivity index (χ3v) is 6.50. The number of hydrogen-bond donors (Lipinski definition) is 1. The number of amides is 1. The Balaban J connectivity index is 1.68. The molecule has 4 nitrogen and oxygen atoms in total. The Morgan fingerprint density at radius 3 is 2.79 bits per heavy atom. The van der Waals surface area contributed by atoms with Crippen LogP contribution in [0.2, 0.25) is 0 Å². The van der Waals surface area contributed by atoms with Gasteiger partial charge in [0.15, 0.2) is 6.54 Å². The summed E-state index contributed by atoms with van der Waals surface area (Å²) in [7, 11) is 1.67. The summed E-state index contributed by atoms with van der Waals surface area (Å²) in [6.07, 6.45) is 2.19. The number of halogens is 1. The van der Waals surface area contributed by atoms with Gasteiger partial charge in [-0.3, -0.25) is 4.79 Å². The molecule has 6 heteroatoms. The first-order valence-electron chi connectivity index (χ1n) is 10.2. The molecule has 2 aromatic carbocycles. The number of nitrogens with zero attached hydrogens (tertiary/aromatic N) is 1. The fourth-order valence-corrected chi connectivity index (χ4v) is 4.96. The van der Waals surface area contributed by atoms with Crippen LogP contribution in [0.15, 0.2) is 48.5 Å². The molecule has 0 radical (unpaired) electrons. The second kappa shape index (κ2) is 10.6. The van der Waals surface area contributed by atoms with E-state index >= 15 is 0 Å². The van der Waals surface area contributed by atoms with E-state index in [1.807, 2.05) is 23.1 Å². The van der Waals surface area contributed by atoms with Crippen molar-refractivity contribution in [1.82, 2.24) is 4.90 Å². The molecule has 2 aromatic rings. The van der Waals surface area contributed by atoms with Crippen LogP contribution in [-0.2, 0) is 11.3 Å². The maximum atomic E-state index is 13.3. The maximum absolute atomic E-state index is 13.3. The van der Waals surface area contributed by atoms with Gasteiger partial charge in [-0.25, -0.2) is 4.39 Å². The van der Waals surface area contributed by atoms with E-state index in [4.69, 9.17) is 4.74 Å². The second-order valence-corrected chi connectivity index (χ2v) is 8.61. The molecule has 1 aliphatic rings. The number of methoxy groups -OCH3 is 1. The zero-order valence-electron chi connectivity index (χ0n) is 17.2. The lowest BCUT2D eigenvalue weighted by Crippen LogP contribution is -3.12. The fraction of sp³-hybridized carbons (Fsp3) is 0.435. The molecule has 2 atom stereocenters. The Kier molecular flexibility index (Phi) is 7.95. The Morgan fingerprint density at radius 2 is 2.07 bits per heavy atom. The van der Waals surface area contributed by atoms with Gasteiger partial charge in [-0.15, -0.1) is 11.8 Å². The predicted octanol–water partition coefficient (Wildman–Crippen LogP) is 3.29. The summed E-state index contributed by atoms with van der Waals surface area (Å²) in [5, 5.41) is -0.0210. The second-order valence-electron chi connectivity index (χ2n) is 7.42. The van der Waals surface area contributed by atoms with Crippen molar-refractivity contribution >= 4 is 17.7 Å². The van der Waals surface area contributed by atoms with Crippen molar-refractivity contribution in [3.05, 3.63) is 65.5 Å². The van der Waals surface area contributed by atoms with Gasteiger partial charge in [0.25, 0.3) is 5.91 Å². The van der Waals surface area contributed by atoms with Crippen LogP contribution >= 0.6 is 11.8 Å². The number of quaternary nitrogens is 1. The summed E-state index contributed by atoms with van der Waals surface area (Å²) in [6.45, 7) is 5.14. The molecule has 3 rings (SSSR count). The number of nitrogens with one attached hydrogen (secondary N) is 1. The molecular formula is C23H30FN2O2S+. The van der Waals surface area contributed by atoms with Gasteiger partial charge in [0.05, 0.1) is 13.7 Å². The van der Waals surface area contributed by atoms with Gasteiger partial charge in [-0.2, -0.15) is 0 Å². The third-order valence-electron chi connectivity index (χ3n) is 5.24. The van der Waals surface area contributed by atoms with Gasteiger partial charge in [-0.1, -0.05) is 37.6 Å². The smallest absolute Gasteiger partial charge is 0.278 e.